The van der Waals surface area contributed by atoms with Crippen molar-refractivity contribution >= 4 is 28.9 Å². The van der Waals surface area contributed by atoms with Crippen LogP contribution in [0.15, 0.2) is 18.2 Å². The van der Waals surface area contributed by atoms with E-state index in [0.717, 1.165) is 0 Å². The number of hydrogen-bond acceptors (Lipinski definition) is 5. The van der Waals surface area contributed by atoms with Gasteiger partial charge >= 0.3 is 5.97 Å². The van der Waals surface area contributed by atoms with Crippen LogP contribution < -0.4 is 5.32 Å². The second-order valence-corrected chi connectivity index (χ2v) is 3.26. The van der Waals surface area contributed by atoms with Crippen LogP contribution in [0.2, 0.25) is 5.02 Å². The summed E-state index contributed by atoms with van der Waals surface area (Å²) in [4.78, 5) is 20.8. The average molecular weight is 245 g/mol. The van der Waals surface area contributed by atoms with Gasteiger partial charge in [-0.05, 0) is 12.1 Å². The lowest BCUT2D eigenvalue weighted by Crippen LogP contribution is -2.14. The number of carbonyl (C=O) groups excluding carboxylic acids is 1. The molecule has 0 bridgehead atoms. The molecular weight excluding hydrogens is 236 g/mol. The zero-order chi connectivity index (χ0) is 12.1. The minimum absolute atomic E-state index is 0.0496. The van der Waals surface area contributed by atoms with Gasteiger partial charge in [-0.1, -0.05) is 11.6 Å². The molecule has 0 aliphatic carbocycles. The highest BCUT2D eigenvalue weighted by Gasteiger charge is 2.12. The maximum absolute atomic E-state index is 10.8. The van der Waals surface area contributed by atoms with Gasteiger partial charge in [-0.2, -0.15) is 0 Å². The third-order valence-corrected chi connectivity index (χ3v) is 2.13. The predicted octanol–water partition coefficient (Wildman–Crippen LogP) is 1.83. The van der Waals surface area contributed by atoms with Crippen molar-refractivity contribution < 1.29 is 14.5 Å². The zero-order valence-electron chi connectivity index (χ0n) is 8.40. The topological polar surface area (TPSA) is 81.5 Å². The van der Waals surface area contributed by atoms with Crippen LogP contribution in [0.3, 0.4) is 0 Å². The van der Waals surface area contributed by atoms with Crippen LogP contribution in [0.4, 0.5) is 11.4 Å². The van der Waals surface area contributed by atoms with Crippen molar-refractivity contribution in [1.29, 1.82) is 0 Å². The van der Waals surface area contributed by atoms with E-state index in [2.05, 4.69) is 10.1 Å². The summed E-state index contributed by atoms with van der Waals surface area (Å²) in [5.41, 5.74) is 0.220. The number of hydrogen-bond donors (Lipinski definition) is 1. The van der Waals surface area contributed by atoms with Gasteiger partial charge in [0.05, 0.1) is 12.0 Å². The summed E-state index contributed by atoms with van der Waals surface area (Å²) >= 11 is 5.62. The Kier molecular flexibility index (Phi) is 4.07. The second kappa shape index (κ2) is 5.32. The molecular formula is C9H9ClN2O4. The fourth-order valence-corrected chi connectivity index (χ4v) is 1.20. The molecule has 0 saturated carbocycles. The lowest BCUT2D eigenvalue weighted by atomic mass is 10.3. The van der Waals surface area contributed by atoms with E-state index < -0.39 is 10.9 Å². The highest BCUT2D eigenvalue weighted by Crippen LogP contribution is 2.27. The van der Waals surface area contributed by atoms with Gasteiger partial charge in [0.2, 0.25) is 0 Å². The Morgan fingerprint density at radius 2 is 2.31 bits per heavy atom. The molecule has 0 fully saturated rings. The van der Waals surface area contributed by atoms with E-state index in [1.165, 1.54) is 25.3 Å². The number of esters is 1. The van der Waals surface area contributed by atoms with Crippen LogP contribution >= 0.6 is 11.6 Å². The average Bonchev–Trinajstić information content (AvgIpc) is 2.27. The number of nitro groups is 1. The SMILES string of the molecule is COC(=O)CNc1ccc(Cl)c([N+](=O)[O-])c1. The van der Waals surface area contributed by atoms with Gasteiger partial charge < -0.3 is 10.1 Å². The number of nitro benzene ring substituents is 1. The molecule has 16 heavy (non-hydrogen) atoms. The molecule has 0 atom stereocenters. The predicted molar refractivity (Wildman–Crippen MR) is 58.6 cm³/mol. The Balaban J connectivity index is 2.79. The molecule has 0 spiro atoms. The summed E-state index contributed by atoms with van der Waals surface area (Å²) in [5.74, 6) is -0.461. The van der Waals surface area contributed by atoms with Crippen LogP contribution in [0, 0.1) is 10.1 Å². The van der Waals surface area contributed by atoms with Gasteiger partial charge in [-0.15, -0.1) is 0 Å². The summed E-state index contributed by atoms with van der Waals surface area (Å²) in [7, 11) is 1.26. The Labute approximate surface area is 96.3 Å². The van der Waals surface area contributed by atoms with Crippen molar-refractivity contribution in [2.45, 2.75) is 0 Å². The van der Waals surface area contributed by atoms with Crippen LogP contribution in [-0.2, 0) is 9.53 Å². The summed E-state index contributed by atoms with van der Waals surface area (Å²) in [6.07, 6.45) is 0. The number of benzene rings is 1. The molecule has 1 rings (SSSR count). The number of halogens is 1. The van der Waals surface area contributed by atoms with Gasteiger partial charge in [0.1, 0.15) is 11.6 Å². The van der Waals surface area contributed by atoms with E-state index >= 15 is 0 Å². The Bertz CT molecular complexity index is 422. The van der Waals surface area contributed by atoms with Crippen molar-refractivity contribution in [2.24, 2.45) is 0 Å². The number of carbonyl (C=O) groups is 1. The van der Waals surface area contributed by atoms with Crippen molar-refractivity contribution in [3.63, 3.8) is 0 Å². The molecule has 0 heterocycles. The van der Waals surface area contributed by atoms with Crippen molar-refractivity contribution in [2.75, 3.05) is 19.0 Å². The van der Waals surface area contributed by atoms with Gasteiger partial charge in [-0.3, -0.25) is 14.9 Å². The highest BCUT2D eigenvalue weighted by molar-refractivity contribution is 6.32. The summed E-state index contributed by atoms with van der Waals surface area (Å²) < 4.78 is 4.41. The normalized spacial score (nSPS) is 9.62. The molecule has 1 aromatic rings. The smallest absolute Gasteiger partial charge is 0.325 e. The molecule has 0 aliphatic heterocycles. The number of methoxy groups -OCH3 is 1. The first-order chi connectivity index (χ1) is 7.54. The van der Waals surface area contributed by atoms with Gasteiger partial charge in [-0.25, -0.2) is 0 Å². The molecule has 1 N–H and O–H groups in total. The largest absolute Gasteiger partial charge is 0.468 e. The summed E-state index contributed by atoms with van der Waals surface area (Å²) in [5, 5.41) is 13.3. The third-order valence-electron chi connectivity index (χ3n) is 1.81. The Hall–Kier alpha value is -1.82. The highest BCUT2D eigenvalue weighted by atomic mass is 35.5. The van der Waals surface area contributed by atoms with Crippen LogP contribution in [0.1, 0.15) is 0 Å². The van der Waals surface area contributed by atoms with Gasteiger partial charge in [0, 0.05) is 11.8 Å². The first kappa shape index (κ1) is 12.3. The van der Waals surface area contributed by atoms with Crippen LogP contribution in [-0.4, -0.2) is 24.5 Å². The molecule has 0 unspecified atom stereocenters. The van der Waals surface area contributed by atoms with Crippen LogP contribution in [0.5, 0.6) is 0 Å². The number of nitrogens with one attached hydrogen (secondary N) is 1. The Morgan fingerprint density at radius 3 is 2.88 bits per heavy atom. The van der Waals surface area contributed by atoms with Gasteiger partial charge in [0.25, 0.3) is 5.69 Å². The van der Waals surface area contributed by atoms with Gasteiger partial charge in [0.15, 0.2) is 0 Å². The molecule has 1 aromatic carbocycles. The minimum Gasteiger partial charge on any atom is -0.468 e. The molecule has 6 nitrogen and oxygen atoms in total. The first-order valence-electron chi connectivity index (χ1n) is 4.29. The first-order valence-corrected chi connectivity index (χ1v) is 4.67. The van der Waals surface area contributed by atoms with Crippen molar-refractivity contribution in [3.8, 4) is 0 Å². The van der Waals surface area contributed by atoms with E-state index in [1.54, 1.807) is 0 Å². The molecule has 0 aliphatic rings. The standard InChI is InChI=1S/C9H9ClN2O4/c1-16-9(13)5-11-6-2-3-7(10)8(4-6)12(14)15/h2-4,11H,5H2,1H3. The fourth-order valence-electron chi connectivity index (χ4n) is 1.01. The maximum atomic E-state index is 10.8. The molecule has 0 amide bonds. The monoisotopic (exact) mass is 244 g/mol. The number of ether oxygens (including phenoxy) is 1. The van der Waals surface area contributed by atoms with Crippen molar-refractivity contribution in [1.82, 2.24) is 0 Å². The number of anilines is 1. The van der Waals surface area contributed by atoms with E-state index in [-0.39, 0.29) is 17.3 Å². The number of rotatable bonds is 4. The minimum atomic E-state index is -0.592. The lowest BCUT2D eigenvalue weighted by molar-refractivity contribution is -0.384. The lowest BCUT2D eigenvalue weighted by Gasteiger charge is -2.05. The quantitative estimate of drug-likeness (QED) is 0.496. The molecule has 0 aromatic heterocycles. The summed E-state index contributed by atoms with van der Waals surface area (Å²) in [6, 6.07) is 4.18. The van der Waals surface area contributed by atoms with Crippen molar-refractivity contribution in [3.05, 3.63) is 33.3 Å². The maximum Gasteiger partial charge on any atom is 0.325 e. The molecule has 0 saturated heterocycles. The molecule has 0 radical (unpaired) electrons. The number of nitrogens with zero attached hydrogens (tertiary/aromatic N) is 1. The molecule has 86 valence electrons. The third kappa shape index (κ3) is 3.09. The van der Waals surface area contributed by atoms with E-state index in [0.29, 0.717) is 5.69 Å². The zero-order valence-corrected chi connectivity index (χ0v) is 9.15. The second-order valence-electron chi connectivity index (χ2n) is 2.85. The molecule has 7 heteroatoms. The van der Waals surface area contributed by atoms with Crippen LogP contribution in [0.25, 0.3) is 0 Å². The summed E-state index contributed by atoms with van der Waals surface area (Å²) in [6.45, 7) is -0.0602. The van der Waals surface area contributed by atoms with E-state index in [4.69, 9.17) is 11.6 Å². The Morgan fingerprint density at radius 1 is 1.62 bits per heavy atom. The van der Waals surface area contributed by atoms with E-state index in [1.807, 2.05) is 0 Å². The fraction of sp³-hybridized carbons (Fsp3) is 0.222. The van der Waals surface area contributed by atoms with E-state index in [9.17, 15) is 14.9 Å².